The molecular formula is C21H32N2O3S. The predicted molar refractivity (Wildman–Crippen MR) is 107 cm³/mol. The summed E-state index contributed by atoms with van der Waals surface area (Å²) in [6, 6.07) is 6.89. The topological polar surface area (TPSA) is 57.7 Å². The lowest BCUT2D eigenvalue weighted by Crippen LogP contribution is -2.52. The molecule has 0 aromatic heterocycles. The van der Waals surface area contributed by atoms with Crippen molar-refractivity contribution in [3.8, 4) is 0 Å². The van der Waals surface area contributed by atoms with E-state index in [1.165, 1.54) is 23.6 Å². The summed E-state index contributed by atoms with van der Waals surface area (Å²) >= 11 is 0. The van der Waals surface area contributed by atoms with Gasteiger partial charge < -0.3 is 4.90 Å². The zero-order valence-electron chi connectivity index (χ0n) is 16.7. The number of piperidine rings is 1. The van der Waals surface area contributed by atoms with Crippen LogP contribution in [0.3, 0.4) is 0 Å². The molecule has 1 aromatic rings. The molecule has 1 heterocycles. The first-order chi connectivity index (χ1) is 12.9. The standard InChI is InChI=1S/C21H32N2O3S/c1-4-22(5-2)27(25,26)18-10-8-9-17(15-18)21(24)23-14-13-16(3)19-11-6-7-12-20(19)23/h8-10,15-16,19-20H,4-7,11-14H2,1-3H3. The molecule has 150 valence electrons. The van der Waals surface area contributed by atoms with E-state index in [2.05, 4.69) is 6.92 Å². The second kappa shape index (κ2) is 8.31. The van der Waals surface area contributed by atoms with Crippen LogP contribution in [-0.2, 0) is 10.0 Å². The van der Waals surface area contributed by atoms with E-state index in [1.54, 1.807) is 24.3 Å². The largest absolute Gasteiger partial charge is 0.335 e. The molecule has 5 nitrogen and oxygen atoms in total. The summed E-state index contributed by atoms with van der Waals surface area (Å²) in [5, 5.41) is 0. The van der Waals surface area contributed by atoms with Crippen LogP contribution >= 0.6 is 0 Å². The molecule has 1 amide bonds. The summed E-state index contributed by atoms with van der Waals surface area (Å²) in [5.41, 5.74) is 0.488. The molecule has 0 spiro atoms. The van der Waals surface area contributed by atoms with Crippen molar-refractivity contribution in [1.82, 2.24) is 9.21 Å². The van der Waals surface area contributed by atoms with Gasteiger partial charge in [0.1, 0.15) is 0 Å². The van der Waals surface area contributed by atoms with Gasteiger partial charge in [-0.05, 0) is 49.3 Å². The molecule has 1 aliphatic heterocycles. The number of benzene rings is 1. The minimum Gasteiger partial charge on any atom is -0.335 e. The second-order valence-electron chi connectivity index (χ2n) is 7.90. The van der Waals surface area contributed by atoms with Gasteiger partial charge in [-0.15, -0.1) is 0 Å². The number of carbonyl (C=O) groups is 1. The van der Waals surface area contributed by atoms with E-state index in [4.69, 9.17) is 0 Å². The molecule has 0 bridgehead atoms. The highest BCUT2D eigenvalue weighted by atomic mass is 32.2. The molecule has 27 heavy (non-hydrogen) atoms. The molecule has 1 saturated heterocycles. The maximum absolute atomic E-state index is 13.3. The fourth-order valence-electron chi connectivity index (χ4n) is 4.83. The van der Waals surface area contributed by atoms with Crippen LogP contribution in [0.4, 0.5) is 0 Å². The van der Waals surface area contributed by atoms with Crippen LogP contribution in [0.25, 0.3) is 0 Å². The maximum Gasteiger partial charge on any atom is 0.254 e. The van der Waals surface area contributed by atoms with Crippen LogP contribution in [0.5, 0.6) is 0 Å². The van der Waals surface area contributed by atoms with Gasteiger partial charge in [0.15, 0.2) is 0 Å². The highest BCUT2D eigenvalue weighted by Gasteiger charge is 2.39. The molecule has 3 atom stereocenters. The Kier molecular flexibility index (Phi) is 6.26. The third-order valence-corrected chi connectivity index (χ3v) is 8.47. The Hall–Kier alpha value is -1.40. The number of hydrogen-bond acceptors (Lipinski definition) is 3. The number of sulfonamides is 1. The third-order valence-electron chi connectivity index (χ3n) is 6.42. The van der Waals surface area contributed by atoms with Crippen molar-refractivity contribution >= 4 is 15.9 Å². The lowest BCUT2D eigenvalue weighted by Gasteiger charge is -2.47. The molecule has 3 rings (SSSR count). The number of amides is 1. The van der Waals surface area contributed by atoms with Crippen LogP contribution in [0, 0.1) is 11.8 Å². The SMILES string of the molecule is CCN(CC)S(=O)(=O)c1cccc(C(=O)N2CCC(C)C3CCCCC32)c1. The first kappa shape index (κ1) is 20.3. The van der Waals surface area contributed by atoms with Gasteiger partial charge in [0.2, 0.25) is 10.0 Å². The van der Waals surface area contributed by atoms with Gasteiger partial charge in [-0.1, -0.05) is 39.7 Å². The van der Waals surface area contributed by atoms with Crippen molar-refractivity contribution in [2.24, 2.45) is 11.8 Å². The van der Waals surface area contributed by atoms with Gasteiger partial charge in [-0.25, -0.2) is 8.42 Å². The Morgan fingerprint density at radius 1 is 1.15 bits per heavy atom. The molecule has 1 aromatic carbocycles. The number of rotatable bonds is 5. The number of hydrogen-bond donors (Lipinski definition) is 0. The van der Waals surface area contributed by atoms with Gasteiger partial charge in [0.25, 0.3) is 5.91 Å². The molecule has 0 radical (unpaired) electrons. The van der Waals surface area contributed by atoms with Crippen molar-refractivity contribution < 1.29 is 13.2 Å². The zero-order valence-corrected chi connectivity index (χ0v) is 17.5. The Balaban J connectivity index is 1.87. The summed E-state index contributed by atoms with van der Waals surface area (Å²) in [6.45, 7) is 7.58. The van der Waals surface area contributed by atoms with Crippen molar-refractivity contribution in [2.45, 2.75) is 63.8 Å². The second-order valence-corrected chi connectivity index (χ2v) is 9.84. The Labute approximate surface area is 163 Å². The smallest absolute Gasteiger partial charge is 0.254 e. The zero-order chi connectivity index (χ0) is 19.6. The molecule has 2 fully saturated rings. The van der Waals surface area contributed by atoms with Gasteiger partial charge in [-0.2, -0.15) is 4.31 Å². The van der Waals surface area contributed by atoms with E-state index in [-0.39, 0.29) is 10.8 Å². The average molecular weight is 393 g/mol. The van der Waals surface area contributed by atoms with Gasteiger partial charge in [0, 0.05) is 31.2 Å². The van der Waals surface area contributed by atoms with Gasteiger partial charge >= 0.3 is 0 Å². The van der Waals surface area contributed by atoms with Crippen LogP contribution in [0.1, 0.15) is 63.2 Å². The molecule has 3 unspecified atom stereocenters. The summed E-state index contributed by atoms with van der Waals surface area (Å²) < 4.78 is 27.1. The molecule has 6 heteroatoms. The van der Waals surface area contributed by atoms with E-state index < -0.39 is 10.0 Å². The molecule has 1 aliphatic carbocycles. The summed E-state index contributed by atoms with van der Waals surface area (Å²) in [4.78, 5) is 15.5. The minimum atomic E-state index is -3.56. The van der Waals surface area contributed by atoms with E-state index in [0.717, 1.165) is 19.4 Å². The summed E-state index contributed by atoms with van der Waals surface area (Å²) in [5.74, 6) is 1.23. The number of fused-ring (bicyclic) bond motifs is 1. The van der Waals surface area contributed by atoms with Crippen LogP contribution < -0.4 is 0 Å². The highest BCUT2D eigenvalue weighted by molar-refractivity contribution is 7.89. The van der Waals surface area contributed by atoms with Crippen molar-refractivity contribution in [2.75, 3.05) is 19.6 Å². The van der Waals surface area contributed by atoms with Crippen LogP contribution in [0.2, 0.25) is 0 Å². The van der Waals surface area contributed by atoms with Crippen molar-refractivity contribution in [1.29, 1.82) is 0 Å². The van der Waals surface area contributed by atoms with Crippen LogP contribution in [0.15, 0.2) is 29.2 Å². The lowest BCUT2D eigenvalue weighted by molar-refractivity contribution is 0.0217. The van der Waals surface area contributed by atoms with Crippen LogP contribution in [-0.4, -0.2) is 49.2 Å². The highest BCUT2D eigenvalue weighted by Crippen LogP contribution is 2.39. The van der Waals surface area contributed by atoms with E-state index >= 15 is 0 Å². The number of likely N-dealkylation sites (tertiary alicyclic amines) is 1. The van der Waals surface area contributed by atoms with Gasteiger partial charge in [0.05, 0.1) is 4.90 Å². The molecular weight excluding hydrogens is 360 g/mol. The third kappa shape index (κ3) is 3.92. The first-order valence-corrected chi connectivity index (χ1v) is 11.7. The Morgan fingerprint density at radius 2 is 1.85 bits per heavy atom. The fourth-order valence-corrected chi connectivity index (χ4v) is 6.34. The molecule has 1 saturated carbocycles. The number of nitrogens with zero attached hydrogens (tertiary/aromatic N) is 2. The van der Waals surface area contributed by atoms with Gasteiger partial charge in [-0.3, -0.25) is 4.79 Å². The summed E-state index contributed by atoms with van der Waals surface area (Å²) in [7, 11) is -3.56. The maximum atomic E-state index is 13.3. The first-order valence-electron chi connectivity index (χ1n) is 10.3. The lowest BCUT2D eigenvalue weighted by atomic mass is 9.72. The molecule has 0 N–H and O–H groups in total. The predicted octanol–water partition coefficient (Wildman–Crippen LogP) is 3.76. The van der Waals surface area contributed by atoms with Crippen molar-refractivity contribution in [3.05, 3.63) is 29.8 Å². The van der Waals surface area contributed by atoms with Crippen molar-refractivity contribution in [3.63, 3.8) is 0 Å². The Morgan fingerprint density at radius 3 is 2.56 bits per heavy atom. The fraction of sp³-hybridized carbons (Fsp3) is 0.667. The van der Waals surface area contributed by atoms with E-state index in [1.807, 2.05) is 18.7 Å². The summed E-state index contributed by atoms with van der Waals surface area (Å²) in [6.07, 6.45) is 5.73. The minimum absolute atomic E-state index is 0.0182. The molecule has 2 aliphatic rings. The normalized spacial score (nSPS) is 26.1. The quantitative estimate of drug-likeness (QED) is 0.767. The monoisotopic (exact) mass is 392 g/mol. The number of carbonyl (C=O) groups excluding carboxylic acids is 1. The van der Waals surface area contributed by atoms with E-state index in [9.17, 15) is 13.2 Å². The van der Waals surface area contributed by atoms with E-state index in [0.29, 0.717) is 36.5 Å². The average Bonchev–Trinajstić information content (AvgIpc) is 2.69. The Bertz CT molecular complexity index is 773.